The summed E-state index contributed by atoms with van der Waals surface area (Å²) in [6.07, 6.45) is 6.61. The van der Waals surface area contributed by atoms with Gasteiger partial charge in [0.05, 0.1) is 12.3 Å². The lowest BCUT2D eigenvalue weighted by Crippen LogP contribution is -2.20. The highest BCUT2D eigenvalue weighted by Crippen LogP contribution is 2.23. The molecular formula is C19H23N3O2. The van der Waals surface area contributed by atoms with Crippen molar-refractivity contribution in [1.29, 1.82) is 0 Å². The lowest BCUT2D eigenvalue weighted by atomic mass is 10.1. The van der Waals surface area contributed by atoms with Crippen LogP contribution >= 0.6 is 0 Å². The highest BCUT2D eigenvalue weighted by Gasteiger charge is 2.03. The molecule has 2 aromatic rings. The van der Waals surface area contributed by atoms with Crippen molar-refractivity contribution in [3.8, 4) is 5.75 Å². The Morgan fingerprint density at radius 3 is 2.71 bits per heavy atom. The smallest absolute Gasteiger partial charge is 0.244 e. The van der Waals surface area contributed by atoms with Gasteiger partial charge in [0.25, 0.3) is 0 Å². The Morgan fingerprint density at radius 2 is 2.04 bits per heavy atom. The maximum Gasteiger partial charge on any atom is 0.244 e. The van der Waals surface area contributed by atoms with Crippen LogP contribution in [-0.4, -0.2) is 17.5 Å². The van der Waals surface area contributed by atoms with E-state index in [0.717, 1.165) is 11.1 Å². The van der Waals surface area contributed by atoms with Gasteiger partial charge >= 0.3 is 0 Å². The average molecular weight is 325 g/mol. The third kappa shape index (κ3) is 5.76. The number of nitrogens with one attached hydrogen (secondary N) is 1. The van der Waals surface area contributed by atoms with E-state index in [1.807, 2.05) is 24.3 Å². The van der Waals surface area contributed by atoms with Crippen molar-refractivity contribution in [3.63, 3.8) is 0 Å². The van der Waals surface area contributed by atoms with Gasteiger partial charge in [0.15, 0.2) is 0 Å². The van der Waals surface area contributed by atoms with Crippen LogP contribution in [0.4, 0.5) is 5.69 Å². The van der Waals surface area contributed by atoms with Gasteiger partial charge in [0.1, 0.15) is 5.75 Å². The highest BCUT2D eigenvalue weighted by atomic mass is 16.5. The maximum atomic E-state index is 11.8. The number of ether oxygens (including phenoxy) is 1. The molecule has 0 atom stereocenters. The number of hydrogen-bond donors (Lipinski definition) is 2. The molecule has 0 bridgehead atoms. The Bertz CT molecular complexity index is 697. The molecule has 2 rings (SSSR count). The van der Waals surface area contributed by atoms with Gasteiger partial charge in [-0.15, -0.1) is 0 Å². The highest BCUT2D eigenvalue weighted by molar-refractivity contribution is 5.91. The monoisotopic (exact) mass is 325 g/mol. The number of rotatable bonds is 7. The molecule has 126 valence electrons. The van der Waals surface area contributed by atoms with E-state index in [4.69, 9.17) is 10.5 Å². The van der Waals surface area contributed by atoms with Gasteiger partial charge in [-0.1, -0.05) is 19.9 Å². The van der Waals surface area contributed by atoms with Crippen molar-refractivity contribution >= 4 is 17.7 Å². The molecule has 5 nitrogen and oxygen atoms in total. The van der Waals surface area contributed by atoms with E-state index in [9.17, 15) is 4.79 Å². The van der Waals surface area contributed by atoms with Crippen LogP contribution in [0.25, 0.3) is 6.08 Å². The Hall–Kier alpha value is -2.82. The van der Waals surface area contributed by atoms with Gasteiger partial charge in [-0.2, -0.15) is 0 Å². The third-order valence-corrected chi connectivity index (χ3v) is 3.25. The molecule has 24 heavy (non-hydrogen) atoms. The van der Waals surface area contributed by atoms with Crippen LogP contribution in [0.5, 0.6) is 5.75 Å². The lowest BCUT2D eigenvalue weighted by molar-refractivity contribution is -0.116. The van der Waals surface area contributed by atoms with Crippen LogP contribution in [0.3, 0.4) is 0 Å². The molecule has 1 aromatic heterocycles. The fraction of sp³-hybridized carbons (Fsp3) is 0.263. The number of amides is 1. The van der Waals surface area contributed by atoms with Gasteiger partial charge in [-0.25, -0.2) is 0 Å². The Balaban J connectivity index is 1.89. The molecule has 0 fully saturated rings. The molecule has 0 radical (unpaired) electrons. The van der Waals surface area contributed by atoms with E-state index in [1.165, 1.54) is 6.08 Å². The quantitative estimate of drug-likeness (QED) is 0.606. The molecule has 1 aromatic carbocycles. The Morgan fingerprint density at radius 1 is 1.29 bits per heavy atom. The summed E-state index contributed by atoms with van der Waals surface area (Å²) in [5, 5.41) is 2.82. The van der Waals surface area contributed by atoms with Crippen LogP contribution in [0.1, 0.15) is 25.0 Å². The predicted molar refractivity (Wildman–Crippen MR) is 96.3 cm³/mol. The first-order valence-electron chi connectivity index (χ1n) is 7.91. The zero-order chi connectivity index (χ0) is 17.4. The fourth-order valence-corrected chi connectivity index (χ4v) is 1.98. The summed E-state index contributed by atoms with van der Waals surface area (Å²) in [6.45, 7) is 5.25. The van der Waals surface area contributed by atoms with Crippen LogP contribution in [0.15, 0.2) is 48.8 Å². The number of nitrogens with zero attached hydrogens (tertiary/aromatic N) is 1. The number of aromatic nitrogens is 1. The molecule has 0 spiro atoms. The van der Waals surface area contributed by atoms with E-state index in [2.05, 4.69) is 24.1 Å². The topological polar surface area (TPSA) is 77.2 Å². The van der Waals surface area contributed by atoms with Crippen LogP contribution in [0, 0.1) is 5.92 Å². The number of nitrogen functional groups attached to an aromatic ring is 1. The molecule has 0 unspecified atom stereocenters. The minimum atomic E-state index is -0.162. The molecule has 0 aliphatic carbocycles. The minimum absolute atomic E-state index is 0.162. The van der Waals surface area contributed by atoms with Gasteiger partial charge < -0.3 is 15.8 Å². The summed E-state index contributed by atoms with van der Waals surface area (Å²) in [5.74, 6) is 0.946. The summed E-state index contributed by atoms with van der Waals surface area (Å²) >= 11 is 0. The third-order valence-electron chi connectivity index (χ3n) is 3.25. The van der Waals surface area contributed by atoms with E-state index >= 15 is 0 Å². The van der Waals surface area contributed by atoms with Crippen LogP contribution in [-0.2, 0) is 11.3 Å². The molecule has 0 aliphatic rings. The van der Waals surface area contributed by atoms with E-state index in [-0.39, 0.29) is 5.91 Å². The van der Waals surface area contributed by atoms with E-state index in [0.29, 0.717) is 30.5 Å². The summed E-state index contributed by atoms with van der Waals surface area (Å²) in [6, 6.07) is 9.22. The minimum Gasteiger partial charge on any atom is -0.491 e. The molecule has 0 saturated carbocycles. The Kier molecular flexibility index (Phi) is 6.37. The first kappa shape index (κ1) is 17.5. The van der Waals surface area contributed by atoms with Crippen molar-refractivity contribution in [3.05, 3.63) is 59.9 Å². The second-order valence-electron chi connectivity index (χ2n) is 5.91. The Labute approximate surface area is 142 Å². The molecular weight excluding hydrogens is 302 g/mol. The van der Waals surface area contributed by atoms with Gasteiger partial charge in [-0.3, -0.25) is 9.78 Å². The maximum absolute atomic E-state index is 11.8. The first-order chi connectivity index (χ1) is 11.5. The largest absolute Gasteiger partial charge is 0.491 e. The number of pyridine rings is 1. The van der Waals surface area contributed by atoms with Crippen LogP contribution in [0.2, 0.25) is 0 Å². The van der Waals surface area contributed by atoms with E-state index < -0.39 is 0 Å². The van der Waals surface area contributed by atoms with Crippen molar-refractivity contribution < 1.29 is 9.53 Å². The standard InChI is InChI=1S/C19H23N3O2/c1-14(2)13-24-18-5-3-15(11-17(18)20)4-6-19(23)22-12-16-7-9-21-10-8-16/h3-11,14H,12-13,20H2,1-2H3,(H,22,23)/b6-4-. The van der Waals surface area contributed by atoms with E-state index in [1.54, 1.807) is 24.5 Å². The molecule has 3 N–H and O–H groups in total. The van der Waals surface area contributed by atoms with Crippen LogP contribution < -0.4 is 15.8 Å². The molecule has 0 saturated heterocycles. The van der Waals surface area contributed by atoms with Crippen molar-refractivity contribution in [1.82, 2.24) is 10.3 Å². The number of benzene rings is 1. The predicted octanol–water partition coefficient (Wildman–Crippen LogP) is 3.03. The van der Waals surface area contributed by atoms with Gasteiger partial charge in [0.2, 0.25) is 5.91 Å². The van der Waals surface area contributed by atoms with Gasteiger partial charge in [0, 0.05) is 25.0 Å². The molecule has 0 aliphatic heterocycles. The van der Waals surface area contributed by atoms with Crippen molar-refractivity contribution in [2.24, 2.45) is 5.92 Å². The fourth-order valence-electron chi connectivity index (χ4n) is 1.98. The zero-order valence-electron chi connectivity index (χ0n) is 14.0. The van der Waals surface area contributed by atoms with Crippen molar-refractivity contribution in [2.45, 2.75) is 20.4 Å². The van der Waals surface area contributed by atoms with Gasteiger partial charge in [-0.05, 0) is 47.4 Å². The average Bonchev–Trinajstić information content (AvgIpc) is 2.58. The number of anilines is 1. The summed E-state index contributed by atoms with van der Waals surface area (Å²) in [5.41, 5.74) is 8.40. The zero-order valence-corrected chi connectivity index (χ0v) is 14.0. The van der Waals surface area contributed by atoms with Crippen molar-refractivity contribution in [2.75, 3.05) is 12.3 Å². The second-order valence-corrected chi connectivity index (χ2v) is 5.91. The number of carbonyl (C=O) groups excluding carboxylic acids is 1. The SMILES string of the molecule is CC(C)COc1ccc(/C=C\C(=O)NCc2ccncc2)cc1N. The summed E-state index contributed by atoms with van der Waals surface area (Å²) in [7, 11) is 0. The normalized spacial score (nSPS) is 11.0. The summed E-state index contributed by atoms with van der Waals surface area (Å²) in [4.78, 5) is 15.8. The molecule has 1 amide bonds. The second kappa shape index (κ2) is 8.72. The lowest BCUT2D eigenvalue weighted by Gasteiger charge is -2.11. The first-order valence-corrected chi connectivity index (χ1v) is 7.91. The molecule has 5 heteroatoms. The number of carbonyl (C=O) groups is 1. The summed E-state index contributed by atoms with van der Waals surface area (Å²) < 4.78 is 5.63. The molecule has 1 heterocycles. The number of hydrogen-bond acceptors (Lipinski definition) is 4. The number of nitrogens with two attached hydrogens (primary N) is 1.